The molecule has 2 aromatic carbocycles. The number of benzene rings is 2. The van der Waals surface area contributed by atoms with Crippen LogP contribution in [0.15, 0.2) is 54.6 Å². The number of carbonyl (C=O) groups is 1. The van der Waals surface area contributed by atoms with Crippen molar-refractivity contribution in [3.8, 4) is 0 Å². The van der Waals surface area contributed by atoms with Gasteiger partial charge < -0.3 is 14.2 Å². The smallest absolute Gasteiger partial charge is 0.330 e. The van der Waals surface area contributed by atoms with E-state index in [1.54, 1.807) is 56.3 Å². The van der Waals surface area contributed by atoms with E-state index in [9.17, 15) is 14.5 Å². The van der Waals surface area contributed by atoms with E-state index in [-0.39, 0.29) is 11.9 Å². The first-order valence-electron chi connectivity index (χ1n) is 8.74. The summed E-state index contributed by atoms with van der Waals surface area (Å²) in [4.78, 5) is 12.8. The first-order valence-corrected chi connectivity index (χ1v) is 10.5. The number of aliphatic hydroxyl groups is 1. The maximum atomic E-state index is 12.8. The van der Waals surface area contributed by atoms with Crippen molar-refractivity contribution in [1.82, 2.24) is 0 Å². The maximum Gasteiger partial charge on any atom is 0.330 e. The molecule has 0 saturated heterocycles. The van der Waals surface area contributed by atoms with E-state index in [0.29, 0.717) is 36.3 Å². The molecule has 0 aromatic heterocycles. The van der Waals surface area contributed by atoms with Crippen molar-refractivity contribution >= 4 is 13.4 Å². The molecule has 2 aromatic rings. The molecule has 1 N–H and O–H groups in total. The molecule has 0 amide bonds. The minimum absolute atomic E-state index is 0.181. The molecule has 0 saturated carbocycles. The molecule has 0 spiro atoms. The molecule has 0 aliphatic heterocycles. The first kappa shape index (κ1) is 20.5. The number of ketones is 1. The van der Waals surface area contributed by atoms with Crippen molar-refractivity contribution in [1.29, 1.82) is 0 Å². The number of aryl methyl sites for hydroxylation is 1. The van der Waals surface area contributed by atoms with Crippen LogP contribution in [0.5, 0.6) is 0 Å². The summed E-state index contributed by atoms with van der Waals surface area (Å²) in [5.41, 5.74) is 1.68. The fourth-order valence-corrected chi connectivity index (χ4v) is 4.36. The molecule has 0 bridgehead atoms. The highest BCUT2D eigenvalue weighted by Crippen LogP contribution is 2.48. The zero-order valence-electron chi connectivity index (χ0n) is 15.1. The Hall–Kier alpha value is -1.78. The second kappa shape index (κ2) is 9.79. The molecule has 1 atom stereocenters. The Morgan fingerprint density at radius 1 is 1.00 bits per heavy atom. The summed E-state index contributed by atoms with van der Waals surface area (Å²) in [6.45, 7) is 4.12. The van der Waals surface area contributed by atoms with Crippen molar-refractivity contribution in [3.05, 3.63) is 71.3 Å². The molecule has 0 aliphatic rings. The molecule has 0 aliphatic carbocycles. The summed E-state index contributed by atoms with van der Waals surface area (Å²) in [5.74, 6) is -0.380. The van der Waals surface area contributed by atoms with Crippen LogP contribution in [0.4, 0.5) is 0 Å². The average molecular weight is 376 g/mol. The summed E-state index contributed by atoms with van der Waals surface area (Å²) >= 11 is 0. The molecule has 0 fully saturated rings. The van der Waals surface area contributed by atoms with Crippen molar-refractivity contribution in [2.45, 2.75) is 26.4 Å². The van der Waals surface area contributed by atoms with E-state index >= 15 is 0 Å². The standard InChI is InChI=1S/C20H25O5P/c1-3-24-26(23,25-4-2)15-14-16-10-8-9-13-18(16)20(22)19(21)17-11-6-5-7-12-17/h5-13,19,21H,3-4,14-15H2,1-2H3. The molecule has 140 valence electrons. The lowest BCUT2D eigenvalue weighted by Gasteiger charge is -2.18. The molecular weight excluding hydrogens is 351 g/mol. The Labute approximate surface area is 154 Å². The zero-order chi connectivity index (χ0) is 19.0. The zero-order valence-corrected chi connectivity index (χ0v) is 16.0. The van der Waals surface area contributed by atoms with E-state index in [4.69, 9.17) is 9.05 Å². The monoisotopic (exact) mass is 376 g/mol. The summed E-state index contributed by atoms with van der Waals surface area (Å²) in [7, 11) is -3.19. The quantitative estimate of drug-likeness (QED) is 0.491. The fraction of sp³-hybridized carbons (Fsp3) is 0.350. The highest BCUT2D eigenvalue weighted by Gasteiger charge is 2.26. The third-order valence-corrected chi connectivity index (χ3v) is 6.03. The van der Waals surface area contributed by atoms with Crippen LogP contribution in [-0.4, -0.2) is 30.3 Å². The van der Waals surface area contributed by atoms with E-state index in [1.165, 1.54) is 0 Å². The summed E-state index contributed by atoms with van der Waals surface area (Å²) in [5, 5.41) is 10.4. The molecule has 1 unspecified atom stereocenters. The van der Waals surface area contributed by atoms with Crippen LogP contribution >= 0.6 is 7.60 Å². The van der Waals surface area contributed by atoms with Crippen LogP contribution in [0.25, 0.3) is 0 Å². The van der Waals surface area contributed by atoms with Gasteiger partial charge in [-0.05, 0) is 31.4 Å². The van der Waals surface area contributed by atoms with Gasteiger partial charge in [0.1, 0.15) is 6.10 Å². The summed E-state index contributed by atoms with van der Waals surface area (Å²) in [6.07, 6.45) is -0.691. The second-order valence-electron chi connectivity index (χ2n) is 5.75. The lowest BCUT2D eigenvalue weighted by atomic mass is 9.95. The van der Waals surface area contributed by atoms with Gasteiger partial charge in [0.15, 0.2) is 5.78 Å². The highest BCUT2D eigenvalue weighted by atomic mass is 31.2. The Balaban J connectivity index is 2.19. The van der Waals surface area contributed by atoms with Crippen LogP contribution in [-0.2, 0) is 20.0 Å². The van der Waals surface area contributed by atoms with Crippen molar-refractivity contribution in [2.24, 2.45) is 0 Å². The van der Waals surface area contributed by atoms with Gasteiger partial charge in [-0.1, -0.05) is 54.6 Å². The number of hydrogen-bond acceptors (Lipinski definition) is 5. The fourth-order valence-electron chi connectivity index (χ4n) is 2.73. The summed E-state index contributed by atoms with van der Waals surface area (Å²) in [6, 6.07) is 15.8. The molecular formula is C20H25O5P. The van der Waals surface area contributed by atoms with Crippen LogP contribution in [0.3, 0.4) is 0 Å². The van der Waals surface area contributed by atoms with Crippen molar-refractivity contribution < 1.29 is 23.5 Å². The predicted molar refractivity (Wildman–Crippen MR) is 102 cm³/mol. The molecule has 2 rings (SSSR count). The topological polar surface area (TPSA) is 72.8 Å². The number of rotatable bonds is 10. The van der Waals surface area contributed by atoms with Gasteiger partial charge in [-0.15, -0.1) is 0 Å². The molecule has 5 nitrogen and oxygen atoms in total. The second-order valence-corrected chi connectivity index (χ2v) is 7.94. The average Bonchev–Trinajstić information content (AvgIpc) is 2.66. The van der Waals surface area contributed by atoms with Gasteiger partial charge in [-0.2, -0.15) is 0 Å². The van der Waals surface area contributed by atoms with Crippen LogP contribution in [0.2, 0.25) is 0 Å². The van der Waals surface area contributed by atoms with E-state index < -0.39 is 13.7 Å². The number of Topliss-reactive ketones (excluding diaryl/α,β-unsaturated/α-hetero) is 1. The highest BCUT2D eigenvalue weighted by molar-refractivity contribution is 7.53. The molecule has 0 heterocycles. The predicted octanol–water partition coefficient (Wildman–Crippen LogP) is 4.41. The van der Waals surface area contributed by atoms with Gasteiger partial charge in [0.05, 0.1) is 19.4 Å². The number of hydrogen-bond donors (Lipinski definition) is 1. The minimum atomic E-state index is -3.19. The Morgan fingerprint density at radius 2 is 1.58 bits per heavy atom. The van der Waals surface area contributed by atoms with Crippen molar-refractivity contribution in [2.75, 3.05) is 19.4 Å². The molecule has 0 radical (unpaired) electrons. The Kier molecular flexibility index (Phi) is 7.73. The molecule has 6 heteroatoms. The lowest BCUT2D eigenvalue weighted by molar-refractivity contribution is 0.0746. The minimum Gasteiger partial charge on any atom is -0.380 e. The van der Waals surface area contributed by atoms with Gasteiger partial charge in [-0.25, -0.2) is 0 Å². The first-order chi connectivity index (χ1) is 12.5. The van der Waals surface area contributed by atoms with Gasteiger partial charge in [-0.3, -0.25) is 9.36 Å². The van der Waals surface area contributed by atoms with E-state index in [1.807, 2.05) is 12.1 Å². The van der Waals surface area contributed by atoms with Crippen LogP contribution in [0.1, 0.15) is 41.4 Å². The molecule has 26 heavy (non-hydrogen) atoms. The van der Waals surface area contributed by atoms with Gasteiger partial charge in [0, 0.05) is 5.56 Å². The SMILES string of the molecule is CCOP(=O)(CCc1ccccc1C(=O)C(O)c1ccccc1)OCC. The largest absolute Gasteiger partial charge is 0.380 e. The van der Waals surface area contributed by atoms with Gasteiger partial charge >= 0.3 is 7.60 Å². The third kappa shape index (κ3) is 5.36. The van der Waals surface area contributed by atoms with Crippen LogP contribution in [0, 0.1) is 0 Å². The Bertz CT molecular complexity index is 750. The maximum absolute atomic E-state index is 12.8. The van der Waals surface area contributed by atoms with E-state index in [2.05, 4.69) is 0 Å². The summed E-state index contributed by atoms with van der Waals surface area (Å²) < 4.78 is 23.3. The Morgan fingerprint density at radius 3 is 2.19 bits per heavy atom. The number of carbonyl (C=O) groups excluding carboxylic acids is 1. The normalized spacial score (nSPS) is 12.7. The van der Waals surface area contributed by atoms with Crippen LogP contribution < -0.4 is 0 Å². The van der Waals surface area contributed by atoms with Gasteiger partial charge in [0.25, 0.3) is 0 Å². The lowest BCUT2D eigenvalue weighted by Crippen LogP contribution is -2.15. The van der Waals surface area contributed by atoms with Crippen molar-refractivity contribution in [3.63, 3.8) is 0 Å². The number of aliphatic hydroxyl groups excluding tert-OH is 1. The third-order valence-electron chi connectivity index (χ3n) is 3.95. The van der Waals surface area contributed by atoms with Gasteiger partial charge in [0.2, 0.25) is 0 Å². The van der Waals surface area contributed by atoms with E-state index in [0.717, 1.165) is 0 Å².